The first-order valence-corrected chi connectivity index (χ1v) is 14.2. The lowest BCUT2D eigenvalue weighted by Gasteiger charge is -2.33. The molecule has 2 aromatic carbocycles. The lowest BCUT2D eigenvalue weighted by molar-refractivity contribution is 0.0916. The van der Waals surface area contributed by atoms with Crippen LogP contribution in [0.3, 0.4) is 0 Å². The third-order valence-corrected chi connectivity index (χ3v) is 7.59. The second-order valence-corrected chi connectivity index (χ2v) is 11.8. The van der Waals surface area contributed by atoms with Gasteiger partial charge in [-0.25, -0.2) is 0 Å². The van der Waals surface area contributed by atoms with Crippen LogP contribution in [0, 0.1) is 0 Å². The number of nitrogens with zero attached hydrogens (tertiary/aromatic N) is 2. The van der Waals surface area contributed by atoms with E-state index in [2.05, 4.69) is 91.3 Å². The molecule has 204 valence electrons. The second kappa shape index (κ2) is 13.3. The van der Waals surface area contributed by atoms with Gasteiger partial charge >= 0.3 is 0 Å². The topological polar surface area (TPSA) is 48.7 Å². The van der Waals surface area contributed by atoms with Crippen molar-refractivity contribution in [1.29, 1.82) is 0 Å². The number of nitrogens with one attached hydrogen (secondary N) is 1. The van der Waals surface area contributed by atoms with Crippen molar-refractivity contribution >= 4 is 5.91 Å². The first-order valence-electron chi connectivity index (χ1n) is 14.2. The molecule has 0 saturated carbocycles. The van der Waals surface area contributed by atoms with E-state index in [1.165, 1.54) is 42.5 Å². The first-order chi connectivity index (χ1) is 18.3. The van der Waals surface area contributed by atoms with Gasteiger partial charge in [0.2, 0.25) is 0 Å². The Bertz CT molecular complexity index is 1130. The number of carbonyl (C=O) groups excluding carboxylic acids is 1. The summed E-state index contributed by atoms with van der Waals surface area (Å²) in [5.74, 6) is 1.07. The van der Waals surface area contributed by atoms with E-state index in [0.29, 0.717) is 24.9 Å². The van der Waals surface area contributed by atoms with Gasteiger partial charge in [-0.05, 0) is 67.0 Å². The molecule has 1 atom stereocenters. The molecule has 0 bridgehead atoms. The van der Waals surface area contributed by atoms with Crippen molar-refractivity contribution in [2.75, 3.05) is 19.6 Å². The Balaban J connectivity index is 1.34. The average molecular weight is 516 g/mol. The highest BCUT2D eigenvalue weighted by Gasteiger charge is 2.19. The minimum Gasteiger partial charge on any atom is -0.455 e. The third kappa shape index (κ3) is 8.31. The van der Waals surface area contributed by atoms with Crippen molar-refractivity contribution < 1.29 is 9.21 Å². The normalized spacial score (nSPS) is 16.6. The SMILES string of the molecule is CC1CCCCN1CCCNC(=O)c1ccc(CN(Cc2ccccc2)Cc2ccc(C(C)(C)C)cc2)o1. The van der Waals surface area contributed by atoms with E-state index < -0.39 is 0 Å². The largest absolute Gasteiger partial charge is 0.455 e. The van der Waals surface area contributed by atoms with Gasteiger partial charge in [-0.3, -0.25) is 9.69 Å². The van der Waals surface area contributed by atoms with Crippen molar-refractivity contribution in [2.24, 2.45) is 0 Å². The van der Waals surface area contributed by atoms with Gasteiger partial charge in [-0.1, -0.05) is 81.8 Å². The fourth-order valence-electron chi connectivity index (χ4n) is 5.24. The highest BCUT2D eigenvalue weighted by molar-refractivity contribution is 5.91. The quantitative estimate of drug-likeness (QED) is 0.286. The molecule has 5 heteroatoms. The van der Waals surface area contributed by atoms with E-state index >= 15 is 0 Å². The van der Waals surface area contributed by atoms with Crippen LogP contribution in [0.2, 0.25) is 0 Å². The Hall–Kier alpha value is -2.89. The van der Waals surface area contributed by atoms with Gasteiger partial charge in [0.15, 0.2) is 5.76 Å². The predicted molar refractivity (Wildman–Crippen MR) is 155 cm³/mol. The number of hydrogen-bond acceptors (Lipinski definition) is 4. The van der Waals surface area contributed by atoms with Gasteiger partial charge in [0, 0.05) is 32.2 Å². The summed E-state index contributed by atoms with van der Waals surface area (Å²) < 4.78 is 6.02. The monoisotopic (exact) mass is 515 g/mol. The minimum atomic E-state index is -0.129. The standard InChI is InChI=1S/C33H45N3O2/c1-26-11-8-9-21-36(26)22-10-20-34-32(37)31-19-18-30(38-31)25-35(23-27-12-6-5-7-13-27)24-28-14-16-29(17-15-28)33(2,3)4/h5-7,12-19,26H,8-11,20-25H2,1-4H3,(H,34,37). The molecule has 1 saturated heterocycles. The lowest BCUT2D eigenvalue weighted by atomic mass is 9.87. The van der Waals surface area contributed by atoms with Crippen LogP contribution >= 0.6 is 0 Å². The van der Waals surface area contributed by atoms with Gasteiger partial charge in [-0.15, -0.1) is 0 Å². The Morgan fingerprint density at radius 3 is 2.34 bits per heavy atom. The van der Waals surface area contributed by atoms with Crippen molar-refractivity contribution in [3.8, 4) is 0 Å². The van der Waals surface area contributed by atoms with Crippen molar-refractivity contribution in [2.45, 2.75) is 84.5 Å². The summed E-state index contributed by atoms with van der Waals surface area (Å²) in [6, 6.07) is 23.8. The zero-order valence-electron chi connectivity index (χ0n) is 23.7. The van der Waals surface area contributed by atoms with Crippen molar-refractivity contribution in [3.63, 3.8) is 0 Å². The molecule has 1 N–H and O–H groups in total. The van der Waals surface area contributed by atoms with E-state index in [1.807, 2.05) is 12.1 Å². The summed E-state index contributed by atoms with van der Waals surface area (Å²) in [4.78, 5) is 17.6. The highest BCUT2D eigenvalue weighted by Crippen LogP contribution is 2.23. The number of carbonyl (C=O) groups is 1. The molecule has 1 amide bonds. The summed E-state index contributed by atoms with van der Waals surface area (Å²) in [6.45, 7) is 14.2. The molecule has 1 unspecified atom stereocenters. The maximum atomic E-state index is 12.7. The lowest BCUT2D eigenvalue weighted by Crippen LogP contribution is -2.39. The molecule has 0 aliphatic carbocycles. The molecular formula is C33H45N3O2. The summed E-state index contributed by atoms with van der Waals surface area (Å²) in [5, 5.41) is 3.04. The number of rotatable bonds is 11. The Kier molecular flexibility index (Phi) is 9.81. The smallest absolute Gasteiger partial charge is 0.286 e. The summed E-state index contributed by atoms with van der Waals surface area (Å²) >= 11 is 0. The average Bonchev–Trinajstić information content (AvgIpc) is 3.36. The highest BCUT2D eigenvalue weighted by atomic mass is 16.4. The van der Waals surface area contributed by atoms with Crippen LogP contribution in [-0.2, 0) is 25.0 Å². The fourth-order valence-corrected chi connectivity index (χ4v) is 5.24. The number of furan rings is 1. The molecule has 0 spiro atoms. The number of amides is 1. The van der Waals surface area contributed by atoms with Crippen LogP contribution in [0.1, 0.15) is 86.4 Å². The molecule has 1 aliphatic heterocycles. The van der Waals surface area contributed by atoms with Crippen LogP contribution in [-0.4, -0.2) is 41.4 Å². The summed E-state index contributed by atoms with van der Waals surface area (Å²) in [7, 11) is 0. The molecular weight excluding hydrogens is 470 g/mol. The molecule has 1 fully saturated rings. The van der Waals surface area contributed by atoms with Gasteiger partial charge in [0.05, 0.1) is 6.54 Å². The maximum absolute atomic E-state index is 12.7. The predicted octanol–water partition coefficient (Wildman–Crippen LogP) is 6.77. The molecule has 1 aromatic heterocycles. The van der Waals surface area contributed by atoms with Crippen LogP contribution in [0.5, 0.6) is 0 Å². The molecule has 2 heterocycles. The van der Waals surface area contributed by atoms with Crippen LogP contribution in [0.15, 0.2) is 71.1 Å². The van der Waals surface area contributed by atoms with Gasteiger partial charge in [0.1, 0.15) is 5.76 Å². The van der Waals surface area contributed by atoms with E-state index in [4.69, 9.17) is 4.42 Å². The molecule has 5 nitrogen and oxygen atoms in total. The van der Waals surface area contributed by atoms with Gasteiger partial charge in [0.25, 0.3) is 5.91 Å². The molecule has 38 heavy (non-hydrogen) atoms. The summed E-state index contributed by atoms with van der Waals surface area (Å²) in [6.07, 6.45) is 4.87. The zero-order chi connectivity index (χ0) is 27.0. The number of likely N-dealkylation sites (tertiary alicyclic amines) is 1. The summed E-state index contributed by atoms with van der Waals surface area (Å²) in [5.41, 5.74) is 4.00. The maximum Gasteiger partial charge on any atom is 0.286 e. The Morgan fingerprint density at radius 1 is 0.947 bits per heavy atom. The number of piperidine rings is 1. The van der Waals surface area contributed by atoms with E-state index in [9.17, 15) is 4.79 Å². The van der Waals surface area contributed by atoms with E-state index in [0.717, 1.165) is 31.8 Å². The molecule has 0 radical (unpaired) electrons. The van der Waals surface area contributed by atoms with E-state index in [1.54, 1.807) is 6.07 Å². The molecule has 3 aromatic rings. The van der Waals surface area contributed by atoms with Crippen LogP contribution in [0.25, 0.3) is 0 Å². The third-order valence-electron chi connectivity index (χ3n) is 7.59. The minimum absolute atomic E-state index is 0.129. The van der Waals surface area contributed by atoms with Gasteiger partial charge in [-0.2, -0.15) is 0 Å². The van der Waals surface area contributed by atoms with Crippen molar-refractivity contribution in [1.82, 2.24) is 15.1 Å². The number of benzene rings is 2. The van der Waals surface area contributed by atoms with Crippen LogP contribution in [0.4, 0.5) is 0 Å². The first kappa shape index (κ1) is 28.1. The fraction of sp³-hybridized carbons (Fsp3) is 0.485. The van der Waals surface area contributed by atoms with Crippen molar-refractivity contribution in [3.05, 3.63) is 94.9 Å². The molecule has 4 rings (SSSR count). The van der Waals surface area contributed by atoms with Gasteiger partial charge < -0.3 is 14.6 Å². The van der Waals surface area contributed by atoms with Crippen LogP contribution < -0.4 is 5.32 Å². The Labute approximate surface area is 229 Å². The zero-order valence-corrected chi connectivity index (χ0v) is 23.7. The van der Waals surface area contributed by atoms with E-state index in [-0.39, 0.29) is 11.3 Å². The second-order valence-electron chi connectivity index (χ2n) is 11.8. The Morgan fingerprint density at radius 2 is 1.66 bits per heavy atom. The number of hydrogen-bond donors (Lipinski definition) is 1. The molecule has 1 aliphatic rings.